The fourth-order valence-electron chi connectivity index (χ4n) is 10.5. The minimum atomic E-state index is -0.508. The highest BCUT2D eigenvalue weighted by atomic mass is 32.1. The molecule has 1 nitrogen and oxygen atoms in total. The zero-order valence-electron chi connectivity index (χ0n) is 34.8. The van der Waals surface area contributed by atoms with Gasteiger partial charge in [-0.2, -0.15) is 0 Å². The van der Waals surface area contributed by atoms with Gasteiger partial charge in [0.1, 0.15) is 0 Å². The summed E-state index contributed by atoms with van der Waals surface area (Å²) in [6.07, 6.45) is 0. The highest BCUT2D eigenvalue weighted by Crippen LogP contribution is 2.59. The van der Waals surface area contributed by atoms with E-state index in [1.807, 2.05) is 22.7 Å². The second-order valence-electron chi connectivity index (χ2n) is 16.8. The molecule has 0 atom stereocenters. The van der Waals surface area contributed by atoms with Gasteiger partial charge in [0.25, 0.3) is 0 Å². The Hall–Kier alpha value is -7.56. The summed E-state index contributed by atoms with van der Waals surface area (Å²) < 4.78 is 5.27. The highest BCUT2D eigenvalue weighted by Gasteiger charge is 2.47. The Kier molecular flexibility index (Phi) is 8.55. The van der Waals surface area contributed by atoms with E-state index in [4.69, 9.17) is 0 Å². The first-order chi connectivity index (χ1) is 31.7. The maximum absolute atomic E-state index is 2.49. The molecule has 13 rings (SSSR count). The summed E-state index contributed by atoms with van der Waals surface area (Å²) in [5.41, 5.74) is 15.3. The van der Waals surface area contributed by atoms with E-state index >= 15 is 0 Å². The van der Waals surface area contributed by atoms with Gasteiger partial charge in [0, 0.05) is 57.3 Å². The van der Waals surface area contributed by atoms with Crippen molar-refractivity contribution in [3.05, 3.63) is 259 Å². The van der Waals surface area contributed by atoms with Crippen LogP contribution in [-0.2, 0) is 5.41 Å². The molecule has 0 saturated carbocycles. The maximum Gasteiger partial charge on any atom is 0.0714 e. The van der Waals surface area contributed by atoms with Crippen molar-refractivity contribution < 1.29 is 0 Å². The first-order valence-electron chi connectivity index (χ1n) is 21.9. The molecular weight excluding hydrogens is 811 g/mol. The molecule has 0 unspecified atom stereocenters. The molecule has 10 aromatic carbocycles. The van der Waals surface area contributed by atoms with Crippen molar-refractivity contribution in [2.45, 2.75) is 5.41 Å². The zero-order chi connectivity index (χ0) is 42.2. The molecule has 0 bridgehead atoms. The zero-order valence-corrected chi connectivity index (χ0v) is 36.4. The summed E-state index contributed by atoms with van der Waals surface area (Å²) in [4.78, 5) is 2.49. The summed E-state index contributed by atoms with van der Waals surface area (Å²) in [5.74, 6) is 0. The van der Waals surface area contributed by atoms with Gasteiger partial charge < -0.3 is 4.90 Å². The van der Waals surface area contributed by atoms with Gasteiger partial charge in [0.15, 0.2) is 0 Å². The molecule has 300 valence electrons. The van der Waals surface area contributed by atoms with Gasteiger partial charge in [-0.3, -0.25) is 0 Å². The van der Waals surface area contributed by atoms with E-state index in [1.165, 1.54) is 96.0 Å². The Morgan fingerprint density at radius 3 is 1.62 bits per heavy atom. The fraction of sp³-hybridized carbons (Fsp3) is 0.0164. The van der Waals surface area contributed by atoms with Gasteiger partial charge >= 0.3 is 0 Å². The number of anilines is 3. The number of benzene rings is 10. The standard InChI is InChI=1S/C61H39NS2/c1-3-16-44(17-4-1)61(45-18-5-2-6-19-45)53-24-10-7-23-51(53)60-54(61)25-14-26-55(60)62(46-33-29-40(30-34-46)43-31-35-50-48-21-8-11-27-56(48)64-59(50)39-43)47-20-13-15-41(37-47)42-32-36-58-52(38-42)49-22-9-12-28-57(49)63-58/h1-39H. The molecule has 2 aromatic heterocycles. The van der Waals surface area contributed by atoms with Crippen molar-refractivity contribution in [3.63, 3.8) is 0 Å². The first kappa shape index (κ1) is 37.0. The Bertz CT molecular complexity index is 3690. The van der Waals surface area contributed by atoms with Crippen LogP contribution in [0.2, 0.25) is 0 Å². The minimum absolute atomic E-state index is 0.508. The topological polar surface area (TPSA) is 3.24 Å². The number of hydrogen-bond donors (Lipinski definition) is 0. The predicted molar refractivity (Wildman–Crippen MR) is 275 cm³/mol. The molecule has 0 saturated heterocycles. The van der Waals surface area contributed by atoms with Crippen LogP contribution in [0.15, 0.2) is 237 Å². The number of fused-ring (bicyclic) bond motifs is 9. The average molecular weight is 850 g/mol. The maximum atomic E-state index is 2.49. The number of rotatable bonds is 7. The molecule has 1 aliphatic rings. The third kappa shape index (κ3) is 5.68. The molecule has 0 radical (unpaired) electrons. The smallest absolute Gasteiger partial charge is 0.0714 e. The van der Waals surface area contributed by atoms with Gasteiger partial charge in [-0.25, -0.2) is 0 Å². The molecular formula is C61H39NS2. The lowest BCUT2D eigenvalue weighted by atomic mass is 9.68. The van der Waals surface area contributed by atoms with Crippen LogP contribution in [-0.4, -0.2) is 0 Å². The van der Waals surface area contributed by atoms with Gasteiger partial charge in [0.05, 0.1) is 11.1 Å². The summed E-state index contributed by atoms with van der Waals surface area (Å²) >= 11 is 3.73. The van der Waals surface area contributed by atoms with E-state index in [9.17, 15) is 0 Å². The number of hydrogen-bond acceptors (Lipinski definition) is 3. The summed E-state index contributed by atoms with van der Waals surface area (Å²) in [6.45, 7) is 0. The van der Waals surface area contributed by atoms with Crippen molar-refractivity contribution in [3.8, 4) is 33.4 Å². The molecule has 0 fully saturated rings. The molecule has 0 spiro atoms. The van der Waals surface area contributed by atoms with Crippen LogP contribution < -0.4 is 4.90 Å². The van der Waals surface area contributed by atoms with E-state index in [-0.39, 0.29) is 0 Å². The van der Waals surface area contributed by atoms with E-state index in [0.717, 1.165) is 17.1 Å². The van der Waals surface area contributed by atoms with E-state index in [1.54, 1.807) is 0 Å². The molecule has 3 heteroatoms. The lowest BCUT2D eigenvalue weighted by Crippen LogP contribution is -2.28. The SMILES string of the molecule is c1ccc(C2(c3ccccc3)c3ccccc3-c3c(N(c4ccc(-c5ccc6c(c5)sc5ccccc56)cc4)c4cccc(-c5ccc6sc7ccccc7c6c5)c4)cccc32)cc1. The molecule has 12 aromatic rings. The Morgan fingerprint density at radius 1 is 0.312 bits per heavy atom. The predicted octanol–water partition coefficient (Wildman–Crippen LogP) is 17.6. The lowest BCUT2D eigenvalue weighted by molar-refractivity contribution is 0.768. The van der Waals surface area contributed by atoms with Gasteiger partial charge in [-0.15, -0.1) is 22.7 Å². The van der Waals surface area contributed by atoms with Crippen molar-refractivity contribution >= 4 is 80.1 Å². The van der Waals surface area contributed by atoms with Crippen LogP contribution in [0.3, 0.4) is 0 Å². The van der Waals surface area contributed by atoms with E-state index in [0.29, 0.717) is 0 Å². The van der Waals surface area contributed by atoms with E-state index in [2.05, 4.69) is 241 Å². The lowest BCUT2D eigenvalue weighted by Gasteiger charge is -2.34. The number of thiophene rings is 2. The van der Waals surface area contributed by atoms with Crippen LogP contribution in [0.4, 0.5) is 17.1 Å². The van der Waals surface area contributed by atoms with Crippen molar-refractivity contribution in [1.82, 2.24) is 0 Å². The number of nitrogens with zero attached hydrogens (tertiary/aromatic N) is 1. The average Bonchev–Trinajstić information content (AvgIpc) is 4.03. The van der Waals surface area contributed by atoms with Crippen LogP contribution in [0, 0.1) is 0 Å². The summed E-state index contributed by atoms with van der Waals surface area (Å²) in [5, 5.41) is 5.26. The third-order valence-electron chi connectivity index (χ3n) is 13.4. The van der Waals surface area contributed by atoms with E-state index < -0.39 is 5.41 Å². The Balaban J connectivity index is 1.02. The largest absolute Gasteiger partial charge is 0.310 e. The van der Waals surface area contributed by atoms with Crippen molar-refractivity contribution in [2.75, 3.05) is 4.90 Å². The highest BCUT2D eigenvalue weighted by molar-refractivity contribution is 7.26. The normalized spacial score (nSPS) is 12.8. The second-order valence-corrected chi connectivity index (χ2v) is 18.9. The summed E-state index contributed by atoms with van der Waals surface area (Å²) in [6, 6.07) is 87.9. The quantitative estimate of drug-likeness (QED) is 0.154. The third-order valence-corrected chi connectivity index (χ3v) is 15.6. The van der Waals surface area contributed by atoms with Gasteiger partial charge in [0.2, 0.25) is 0 Å². The Labute approximate surface area is 380 Å². The van der Waals surface area contributed by atoms with Gasteiger partial charge in [-0.1, -0.05) is 176 Å². The van der Waals surface area contributed by atoms with Crippen LogP contribution in [0.25, 0.3) is 73.7 Å². The van der Waals surface area contributed by atoms with Crippen LogP contribution in [0.1, 0.15) is 22.3 Å². The second kappa shape index (κ2) is 14.8. The fourth-order valence-corrected chi connectivity index (χ4v) is 12.8. The van der Waals surface area contributed by atoms with Crippen molar-refractivity contribution in [2.24, 2.45) is 0 Å². The molecule has 1 aliphatic carbocycles. The molecule has 64 heavy (non-hydrogen) atoms. The minimum Gasteiger partial charge on any atom is -0.310 e. The molecule has 2 heterocycles. The van der Waals surface area contributed by atoms with Gasteiger partial charge in [-0.05, 0) is 111 Å². The van der Waals surface area contributed by atoms with Crippen LogP contribution in [0.5, 0.6) is 0 Å². The monoisotopic (exact) mass is 849 g/mol. The van der Waals surface area contributed by atoms with Crippen LogP contribution >= 0.6 is 22.7 Å². The van der Waals surface area contributed by atoms with Crippen molar-refractivity contribution in [1.29, 1.82) is 0 Å². The molecule has 0 N–H and O–H groups in total. The Morgan fingerprint density at radius 2 is 0.859 bits per heavy atom. The first-order valence-corrected chi connectivity index (χ1v) is 23.5. The molecule has 0 aliphatic heterocycles. The molecule has 0 amide bonds. The summed E-state index contributed by atoms with van der Waals surface area (Å²) in [7, 11) is 0.